The lowest BCUT2D eigenvalue weighted by molar-refractivity contribution is -0.126. The molecule has 34 heavy (non-hydrogen) atoms. The number of likely N-dealkylation sites (tertiary alicyclic amines) is 1. The van der Waals surface area contributed by atoms with Gasteiger partial charge in [0.1, 0.15) is 12.2 Å². The SMILES string of the molecule is O=C(N[C@H](CN1CCCC1)C(O)c1ccc(OC2CC2)nc1)C1CCN(c2ccc(Cl)cc2)C1. The van der Waals surface area contributed by atoms with Crippen LogP contribution in [-0.2, 0) is 4.79 Å². The molecule has 0 radical (unpaired) electrons. The quantitative estimate of drug-likeness (QED) is 0.568. The van der Waals surface area contributed by atoms with Gasteiger partial charge in [-0.15, -0.1) is 0 Å². The van der Waals surface area contributed by atoms with Gasteiger partial charge < -0.3 is 25.0 Å². The molecule has 3 heterocycles. The first kappa shape index (κ1) is 23.4. The summed E-state index contributed by atoms with van der Waals surface area (Å²) in [5, 5.41) is 15.1. The smallest absolute Gasteiger partial charge is 0.225 e. The molecule has 2 aromatic rings. The van der Waals surface area contributed by atoms with Crippen molar-refractivity contribution in [2.24, 2.45) is 5.92 Å². The number of aliphatic hydroxyl groups is 1. The molecule has 1 saturated carbocycles. The number of aliphatic hydroxyl groups excluding tert-OH is 1. The standard InChI is InChI=1S/C26H33ClN4O3/c27-20-4-6-21(7-5-20)31-14-11-19(16-31)26(33)29-23(17-30-12-1-2-13-30)25(32)18-3-10-24(28-15-18)34-22-8-9-22/h3-7,10,15,19,22-23,25,32H,1-2,8-9,11-14,16-17H2,(H,29,33)/t19?,23-,25?/m1/s1. The normalized spacial score (nSPS) is 22.5. The van der Waals surface area contributed by atoms with E-state index in [-0.39, 0.29) is 17.9 Å². The minimum atomic E-state index is -0.833. The van der Waals surface area contributed by atoms with Crippen LogP contribution in [0.4, 0.5) is 5.69 Å². The second-order valence-electron chi connectivity index (χ2n) is 9.72. The number of carbonyl (C=O) groups is 1. The van der Waals surface area contributed by atoms with Gasteiger partial charge in [-0.05, 0) is 75.5 Å². The molecule has 7 nitrogen and oxygen atoms in total. The number of ether oxygens (including phenoxy) is 1. The first-order valence-electron chi connectivity index (χ1n) is 12.4. The van der Waals surface area contributed by atoms with Crippen LogP contribution in [0.25, 0.3) is 0 Å². The highest BCUT2D eigenvalue weighted by Gasteiger charge is 2.33. The van der Waals surface area contributed by atoms with Crippen LogP contribution in [0.5, 0.6) is 5.88 Å². The van der Waals surface area contributed by atoms with Gasteiger partial charge in [0, 0.05) is 48.2 Å². The van der Waals surface area contributed by atoms with E-state index in [9.17, 15) is 9.90 Å². The summed E-state index contributed by atoms with van der Waals surface area (Å²) in [6.07, 6.45) is 6.37. The van der Waals surface area contributed by atoms with E-state index in [0.29, 0.717) is 29.6 Å². The third-order valence-electron chi connectivity index (χ3n) is 7.03. The molecule has 2 aliphatic heterocycles. The number of nitrogens with zero attached hydrogens (tertiary/aromatic N) is 3. The Morgan fingerprint density at radius 2 is 1.88 bits per heavy atom. The number of hydrogen-bond donors (Lipinski definition) is 2. The Morgan fingerprint density at radius 3 is 2.56 bits per heavy atom. The van der Waals surface area contributed by atoms with Crippen molar-refractivity contribution >= 4 is 23.2 Å². The number of benzene rings is 1. The van der Waals surface area contributed by atoms with E-state index >= 15 is 0 Å². The summed E-state index contributed by atoms with van der Waals surface area (Å²) in [7, 11) is 0. The molecule has 8 heteroatoms. The van der Waals surface area contributed by atoms with Crippen LogP contribution in [0.1, 0.15) is 43.8 Å². The highest BCUT2D eigenvalue weighted by Crippen LogP contribution is 2.28. The van der Waals surface area contributed by atoms with E-state index in [1.807, 2.05) is 36.4 Å². The third kappa shape index (κ3) is 5.82. The Bertz CT molecular complexity index is 961. The number of halogens is 1. The molecule has 0 bridgehead atoms. The zero-order valence-electron chi connectivity index (χ0n) is 19.4. The van der Waals surface area contributed by atoms with Gasteiger partial charge in [0.05, 0.1) is 12.0 Å². The van der Waals surface area contributed by atoms with Gasteiger partial charge in [-0.25, -0.2) is 4.98 Å². The average Bonchev–Trinajstić information content (AvgIpc) is 3.29. The molecular weight excluding hydrogens is 452 g/mol. The lowest BCUT2D eigenvalue weighted by Gasteiger charge is -2.29. The monoisotopic (exact) mass is 484 g/mol. The summed E-state index contributed by atoms with van der Waals surface area (Å²) in [5.74, 6) is 0.476. The number of amides is 1. The molecular formula is C26H33ClN4O3. The van der Waals surface area contributed by atoms with Crippen molar-refractivity contribution in [1.82, 2.24) is 15.2 Å². The first-order valence-corrected chi connectivity index (χ1v) is 12.8. The number of nitrogens with one attached hydrogen (secondary N) is 1. The minimum Gasteiger partial charge on any atom is -0.474 e. The molecule has 182 valence electrons. The van der Waals surface area contributed by atoms with Crippen molar-refractivity contribution in [3.8, 4) is 5.88 Å². The van der Waals surface area contributed by atoms with Crippen molar-refractivity contribution in [3.05, 3.63) is 53.2 Å². The largest absolute Gasteiger partial charge is 0.474 e. The van der Waals surface area contributed by atoms with E-state index in [2.05, 4.69) is 20.1 Å². The lowest BCUT2D eigenvalue weighted by Crippen LogP contribution is -2.48. The maximum atomic E-state index is 13.3. The Balaban J connectivity index is 1.23. The average molecular weight is 485 g/mol. The van der Waals surface area contributed by atoms with E-state index in [4.69, 9.17) is 16.3 Å². The number of aromatic nitrogens is 1. The predicted octanol–water partition coefficient (Wildman–Crippen LogP) is 3.42. The molecule has 1 aliphatic carbocycles. The number of carbonyl (C=O) groups excluding carboxylic acids is 1. The van der Waals surface area contributed by atoms with Crippen LogP contribution in [0.3, 0.4) is 0 Å². The molecule has 3 fully saturated rings. The van der Waals surface area contributed by atoms with Crippen molar-refractivity contribution in [2.45, 2.75) is 50.4 Å². The van der Waals surface area contributed by atoms with Crippen molar-refractivity contribution in [1.29, 1.82) is 0 Å². The minimum absolute atomic E-state index is 0.00126. The van der Waals surface area contributed by atoms with Gasteiger partial charge in [0.25, 0.3) is 0 Å². The molecule has 2 N–H and O–H groups in total. The third-order valence-corrected chi connectivity index (χ3v) is 7.28. The van der Waals surface area contributed by atoms with Crippen molar-refractivity contribution in [3.63, 3.8) is 0 Å². The fraction of sp³-hybridized carbons (Fsp3) is 0.538. The molecule has 5 rings (SSSR count). The Hall–Kier alpha value is -2.35. The number of pyridine rings is 1. The van der Waals surface area contributed by atoms with Gasteiger partial charge >= 0.3 is 0 Å². The summed E-state index contributed by atoms with van der Waals surface area (Å²) in [4.78, 5) is 22.2. The molecule has 0 spiro atoms. The van der Waals surface area contributed by atoms with Crippen LogP contribution in [-0.4, -0.2) is 65.8 Å². The van der Waals surface area contributed by atoms with Crippen LogP contribution < -0.4 is 15.0 Å². The molecule has 2 saturated heterocycles. The Morgan fingerprint density at radius 1 is 1.12 bits per heavy atom. The molecule has 1 amide bonds. The summed E-state index contributed by atoms with van der Waals surface area (Å²) in [6, 6.07) is 11.0. The summed E-state index contributed by atoms with van der Waals surface area (Å²) >= 11 is 6.02. The van der Waals surface area contributed by atoms with E-state index in [1.165, 1.54) is 0 Å². The van der Waals surface area contributed by atoms with Gasteiger partial charge in [0.15, 0.2) is 0 Å². The fourth-order valence-corrected chi connectivity index (χ4v) is 4.98. The first-order chi connectivity index (χ1) is 16.5. The van der Waals surface area contributed by atoms with Crippen molar-refractivity contribution < 1.29 is 14.6 Å². The predicted molar refractivity (Wildman–Crippen MR) is 132 cm³/mol. The van der Waals surface area contributed by atoms with Crippen LogP contribution in [0.15, 0.2) is 42.6 Å². The maximum Gasteiger partial charge on any atom is 0.225 e. The molecule has 3 aliphatic rings. The van der Waals surface area contributed by atoms with Gasteiger partial charge in [-0.3, -0.25) is 4.79 Å². The number of rotatable bonds is 9. The Kier molecular flexibility index (Phi) is 7.23. The van der Waals surface area contributed by atoms with Crippen LogP contribution in [0, 0.1) is 5.92 Å². The zero-order chi connectivity index (χ0) is 23.5. The Labute approximate surface area is 206 Å². The lowest BCUT2D eigenvalue weighted by atomic mass is 10.0. The van der Waals surface area contributed by atoms with Gasteiger partial charge in [0.2, 0.25) is 11.8 Å². The van der Waals surface area contributed by atoms with Crippen LogP contribution in [0.2, 0.25) is 5.02 Å². The molecule has 2 unspecified atom stereocenters. The molecule has 1 aromatic carbocycles. The second-order valence-corrected chi connectivity index (χ2v) is 10.2. The van der Waals surface area contributed by atoms with E-state index in [0.717, 1.165) is 57.4 Å². The van der Waals surface area contributed by atoms with E-state index in [1.54, 1.807) is 6.20 Å². The molecule has 1 aromatic heterocycles. The molecule has 3 atom stereocenters. The van der Waals surface area contributed by atoms with Crippen LogP contribution >= 0.6 is 11.6 Å². The maximum absolute atomic E-state index is 13.3. The summed E-state index contributed by atoms with van der Waals surface area (Å²) in [6.45, 7) is 4.11. The fourth-order valence-electron chi connectivity index (χ4n) is 4.85. The summed E-state index contributed by atoms with van der Waals surface area (Å²) in [5.41, 5.74) is 1.77. The topological polar surface area (TPSA) is 77.9 Å². The zero-order valence-corrected chi connectivity index (χ0v) is 20.2. The number of hydrogen-bond acceptors (Lipinski definition) is 6. The van der Waals surface area contributed by atoms with Gasteiger partial charge in [-0.2, -0.15) is 0 Å². The summed E-state index contributed by atoms with van der Waals surface area (Å²) < 4.78 is 5.73. The highest BCUT2D eigenvalue weighted by atomic mass is 35.5. The number of anilines is 1. The highest BCUT2D eigenvalue weighted by molar-refractivity contribution is 6.30. The van der Waals surface area contributed by atoms with E-state index < -0.39 is 12.1 Å². The van der Waals surface area contributed by atoms with Gasteiger partial charge in [-0.1, -0.05) is 11.6 Å². The second kappa shape index (κ2) is 10.5. The van der Waals surface area contributed by atoms with Crippen molar-refractivity contribution in [2.75, 3.05) is 37.6 Å².